The highest BCUT2D eigenvalue weighted by Crippen LogP contribution is 2.26. The average molecular weight is 481 g/mol. The van der Waals surface area contributed by atoms with Gasteiger partial charge in [-0.1, -0.05) is 50.2 Å². The highest BCUT2D eigenvalue weighted by molar-refractivity contribution is 5.89. The largest absolute Gasteiger partial charge is 0.343 e. The maximum Gasteiger partial charge on any atom is 0.343 e. The van der Waals surface area contributed by atoms with Crippen LogP contribution >= 0.6 is 0 Å². The fourth-order valence-corrected chi connectivity index (χ4v) is 4.22. The molecule has 3 aromatic rings. The second-order valence-electron chi connectivity index (χ2n) is 9.10. The number of hydrogen-bond acceptors (Lipinski definition) is 5. The molecule has 1 fully saturated rings. The van der Waals surface area contributed by atoms with Gasteiger partial charge in [0.25, 0.3) is 0 Å². The number of nitrogens with zero attached hydrogens (tertiary/aromatic N) is 4. The van der Waals surface area contributed by atoms with Crippen LogP contribution in [0.1, 0.15) is 54.9 Å². The number of carbonyl (C=O) groups excluding carboxylic acids is 2. The molecule has 1 aliphatic rings. The van der Waals surface area contributed by atoms with Crippen LogP contribution in [0.2, 0.25) is 0 Å². The number of alkyl halides is 1. The van der Waals surface area contributed by atoms with Crippen LogP contribution in [-0.4, -0.2) is 55.2 Å². The quantitative estimate of drug-likeness (QED) is 0.537. The van der Waals surface area contributed by atoms with Crippen molar-refractivity contribution in [1.82, 2.24) is 30.0 Å². The first-order chi connectivity index (χ1) is 16.7. The Labute approximate surface area is 202 Å². The second-order valence-corrected chi connectivity index (χ2v) is 9.10. The summed E-state index contributed by atoms with van der Waals surface area (Å²) in [6, 6.07) is 11.7. The number of likely N-dealkylation sites (tertiary alicyclic amines) is 1. The maximum absolute atomic E-state index is 14.4. The zero-order valence-electron chi connectivity index (χ0n) is 19.9. The molecule has 35 heavy (non-hydrogen) atoms. The highest BCUT2D eigenvalue weighted by Gasteiger charge is 2.40. The topological polar surface area (TPSA) is 113 Å². The predicted molar refractivity (Wildman–Crippen MR) is 127 cm³/mol. The number of rotatable bonds is 7. The molecule has 0 radical (unpaired) electrons. The van der Waals surface area contributed by atoms with Gasteiger partial charge in [-0.25, -0.2) is 14.3 Å². The van der Waals surface area contributed by atoms with Gasteiger partial charge in [0.2, 0.25) is 11.8 Å². The van der Waals surface area contributed by atoms with E-state index in [-0.39, 0.29) is 25.2 Å². The number of halogens is 1. The normalized spacial score (nSPS) is 18.6. The van der Waals surface area contributed by atoms with Crippen LogP contribution in [-0.2, 0) is 23.1 Å². The molecular formula is C25H29FN6O3. The molecule has 9 nitrogen and oxygen atoms in total. The summed E-state index contributed by atoms with van der Waals surface area (Å²) in [6.45, 7) is 3.97. The van der Waals surface area contributed by atoms with Crippen molar-refractivity contribution in [1.29, 1.82) is 0 Å². The molecule has 0 bridgehead atoms. The van der Waals surface area contributed by atoms with E-state index in [2.05, 4.69) is 34.3 Å². The molecular weight excluding hydrogens is 451 g/mol. The fraction of sp³-hybridized carbons (Fsp3) is 0.400. The minimum atomic E-state index is -1.32. The zero-order chi connectivity index (χ0) is 25.1. The van der Waals surface area contributed by atoms with Crippen LogP contribution in [0.25, 0.3) is 0 Å². The van der Waals surface area contributed by atoms with E-state index in [1.807, 2.05) is 42.5 Å². The number of pyridine rings is 1. The number of aromatic nitrogens is 4. The van der Waals surface area contributed by atoms with Gasteiger partial charge < -0.3 is 10.2 Å². The first kappa shape index (κ1) is 24.3. The van der Waals surface area contributed by atoms with E-state index in [9.17, 15) is 18.8 Å². The molecule has 2 aromatic heterocycles. The van der Waals surface area contributed by atoms with E-state index in [4.69, 9.17) is 0 Å². The number of hydrogen-bond donors (Lipinski definition) is 2. The molecule has 2 amide bonds. The molecule has 0 aliphatic carbocycles. The van der Waals surface area contributed by atoms with Crippen molar-refractivity contribution in [2.24, 2.45) is 7.05 Å². The molecule has 1 aromatic carbocycles. The number of carbonyl (C=O) groups is 2. The van der Waals surface area contributed by atoms with Gasteiger partial charge in [-0.05, 0) is 23.1 Å². The molecule has 1 saturated heterocycles. The van der Waals surface area contributed by atoms with E-state index in [1.54, 1.807) is 6.20 Å². The maximum atomic E-state index is 14.4. The van der Waals surface area contributed by atoms with Crippen molar-refractivity contribution in [3.63, 3.8) is 0 Å². The van der Waals surface area contributed by atoms with Crippen LogP contribution in [0.4, 0.5) is 4.39 Å². The summed E-state index contributed by atoms with van der Waals surface area (Å²) >= 11 is 0. The average Bonchev–Trinajstić information content (AvgIpc) is 3.40. The number of amides is 2. The summed E-state index contributed by atoms with van der Waals surface area (Å²) in [6.07, 6.45) is 0.153. The molecule has 184 valence electrons. The third-order valence-corrected chi connectivity index (χ3v) is 6.35. The third-order valence-electron chi connectivity index (χ3n) is 6.35. The van der Waals surface area contributed by atoms with Crippen LogP contribution in [0.5, 0.6) is 0 Å². The van der Waals surface area contributed by atoms with Gasteiger partial charge in [0.1, 0.15) is 18.0 Å². The molecule has 2 N–H and O–H groups in total. The summed E-state index contributed by atoms with van der Waals surface area (Å²) in [4.78, 5) is 43.8. The molecule has 1 aliphatic heterocycles. The molecule has 0 spiro atoms. The molecule has 0 saturated carbocycles. The Hall–Kier alpha value is -3.82. The molecule has 3 heterocycles. The fourth-order valence-electron chi connectivity index (χ4n) is 4.22. The predicted octanol–water partition coefficient (Wildman–Crippen LogP) is 2.01. The van der Waals surface area contributed by atoms with E-state index in [1.165, 1.54) is 16.5 Å². The number of nitrogens with one attached hydrogen (secondary N) is 2. The Morgan fingerprint density at radius 2 is 1.91 bits per heavy atom. The standard InChI is InChI=1S/C25H29FN6O3/c1-15(2)17-9-10-19(27-13-17)23(16-7-5-4-6-8-16)28-24(34)20-11-18(26)14-32(20)22(33)12-21-29-30-25(35)31(21)3/h4-10,13,15,18,20,23H,11-12,14H2,1-3H3,(H,28,34)(H,30,35)/t18-,20+,23+/m1/s1. The Morgan fingerprint density at radius 1 is 1.17 bits per heavy atom. The Kier molecular flexibility index (Phi) is 7.09. The molecule has 0 unspecified atom stereocenters. The molecule has 4 rings (SSSR count). The van der Waals surface area contributed by atoms with Crippen molar-refractivity contribution in [2.75, 3.05) is 6.54 Å². The smallest absolute Gasteiger partial charge is 0.342 e. The van der Waals surface area contributed by atoms with Gasteiger partial charge in [0, 0.05) is 19.7 Å². The lowest BCUT2D eigenvalue weighted by Crippen LogP contribution is -2.47. The summed E-state index contributed by atoms with van der Waals surface area (Å²) in [5.41, 5.74) is 2.10. The van der Waals surface area contributed by atoms with Crippen molar-refractivity contribution < 1.29 is 14.0 Å². The first-order valence-corrected chi connectivity index (χ1v) is 11.6. The van der Waals surface area contributed by atoms with E-state index in [0.717, 1.165) is 11.1 Å². The van der Waals surface area contributed by atoms with Crippen LogP contribution in [0.15, 0.2) is 53.5 Å². The van der Waals surface area contributed by atoms with E-state index in [0.29, 0.717) is 11.6 Å². The minimum absolute atomic E-state index is 0.0989. The van der Waals surface area contributed by atoms with E-state index < -0.39 is 35.8 Å². The number of H-pyrrole nitrogens is 1. The minimum Gasteiger partial charge on any atom is -0.342 e. The second kappa shape index (κ2) is 10.2. The summed E-state index contributed by atoms with van der Waals surface area (Å²) in [5, 5.41) is 9.10. The first-order valence-electron chi connectivity index (χ1n) is 11.6. The third kappa shape index (κ3) is 5.31. The van der Waals surface area contributed by atoms with Gasteiger partial charge in [0.15, 0.2) is 0 Å². The van der Waals surface area contributed by atoms with Crippen molar-refractivity contribution in [2.45, 2.75) is 50.9 Å². The number of aromatic amines is 1. The lowest BCUT2D eigenvalue weighted by Gasteiger charge is -2.26. The van der Waals surface area contributed by atoms with Crippen LogP contribution < -0.4 is 11.0 Å². The highest BCUT2D eigenvalue weighted by atomic mass is 19.1. The Morgan fingerprint density at radius 3 is 2.51 bits per heavy atom. The van der Waals surface area contributed by atoms with Crippen LogP contribution in [0.3, 0.4) is 0 Å². The lowest BCUT2D eigenvalue weighted by molar-refractivity contribution is -0.138. The van der Waals surface area contributed by atoms with Crippen molar-refractivity contribution in [3.05, 3.63) is 81.8 Å². The summed E-state index contributed by atoms with van der Waals surface area (Å²) < 4.78 is 15.6. The molecule has 10 heteroatoms. The van der Waals surface area contributed by atoms with Gasteiger partial charge >= 0.3 is 5.69 Å². The van der Waals surface area contributed by atoms with Gasteiger partial charge in [0.05, 0.1) is 24.7 Å². The number of benzene rings is 1. The Bertz CT molecular complexity index is 1240. The monoisotopic (exact) mass is 480 g/mol. The summed E-state index contributed by atoms with van der Waals surface area (Å²) in [5.74, 6) is -0.394. The summed E-state index contributed by atoms with van der Waals surface area (Å²) in [7, 11) is 1.49. The van der Waals surface area contributed by atoms with Gasteiger partial charge in [-0.3, -0.25) is 19.1 Å². The van der Waals surface area contributed by atoms with Crippen LogP contribution in [0, 0.1) is 0 Å². The van der Waals surface area contributed by atoms with Gasteiger partial charge in [-0.2, -0.15) is 5.10 Å². The van der Waals surface area contributed by atoms with E-state index >= 15 is 0 Å². The van der Waals surface area contributed by atoms with Gasteiger partial charge in [-0.15, -0.1) is 0 Å². The Balaban J connectivity index is 1.56. The molecule has 3 atom stereocenters. The zero-order valence-corrected chi connectivity index (χ0v) is 19.9. The lowest BCUT2D eigenvalue weighted by atomic mass is 10.00. The SMILES string of the molecule is CC(C)c1ccc([C@@H](NC(=O)[C@@H]2C[C@@H](F)CN2C(=O)Cc2n[nH]c(=O)n2C)c2ccccc2)nc1. The van der Waals surface area contributed by atoms with Crippen molar-refractivity contribution >= 4 is 11.8 Å². The van der Waals surface area contributed by atoms with Crippen molar-refractivity contribution in [3.8, 4) is 0 Å².